The number of anilines is 1. The normalized spacial score (nSPS) is 11.2. The summed E-state index contributed by atoms with van der Waals surface area (Å²) in [6.07, 6.45) is 0. The van der Waals surface area contributed by atoms with Crippen LogP contribution in [-0.4, -0.2) is 22.6 Å². The minimum absolute atomic E-state index is 0.0486. The molecular formula is C15H16ClN3O5. The molecular weight excluding hydrogens is 338 g/mol. The van der Waals surface area contributed by atoms with E-state index in [-0.39, 0.29) is 27.8 Å². The highest BCUT2D eigenvalue weighted by Crippen LogP contribution is 2.30. The molecule has 0 saturated heterocycles. The summed E-state index contributed by atoms with van der Waals surface area (Å²) in [6, 6.07) is 5.54. The Balaban J connectivity index is 1.99. The lowest BCUT2D eigenvalue weighted by Gasteiger charge is -2.12. The monoisotopic (exact) mass is 353 g/mol. The number of hydrogen-bond acceptors (Lipinski definition) is 6. The SMILES string of the molecule is CC(C)(C)c1cc(NC(=O)COc2ccc(Cl)cc2[N+](=O)[O-])on1. The summed E-state index contributed by atoms with van der Waals surface area (Å²) in [7, 11) is 0. The van der Waals surface area contributed by atoms with Crippen molar-refractivity contribution in [1.82, 2.24) is 5.16 Å². The minimum atomic E-state index is -0.634. The van der Waals surface area contributed by atoms with Crippen molar-refractivity contribution in [2.75, 3.05) is 11.9 Å². The van der Waals surface area contributed by atoms with E-state index in [9.17, 15) is 14.9 Å². The van der Waals surface area contributed by atoms with Crippen LogP contribution < -0.4 is 10.1 Å². The molecule has 1 aromatic carbocycles. The van der Waals surface area contributed by atoms with Crippen LogP contribution in [0.3, 0.4) is 0 Å². The van der Waals surface area contributed by atoms with Gasteiger partial charge in [-0.1, -0.05) is 37.5 Å². The number of carbonyl (C=O) groups excluding carboxylic acids is 1. The summed E-state index contributed by atoms with van der Waals surface area (Å²) in [4.78, 5) is 22.2. The minimum Gasteiger partial charge on any atom is -0.477 e. The number of aromatic nitrogens is 1. The number of carbonyl (C=O) groups is 1. The molecule has 24 heavy (non-hydrogen) atoms. The summed E-state index contributed by atoms with van der Waals surface area (Å²) in [5.41, 5.74) is 0.157. The van der Waals surface area contributed by atoms with Crippen LogP contribution in [0.15, 0.2) is 28.8 Å². The van der Waals surface area contributed by atoms with Crippen LogP contribution in [0, 0.1) is 10.1 Å². The average Bonchev–Trinajstić information content (AvgIpc) is 2.94. The lowest BCUT2D eigenvalue weighted by molar-refractivity contribution is -0.385. The van der Waals surface area contributed by atoms with Crippen LogP contribution in [-0.2, 0) is 10.2 Å². The highest BCUT2D eigenvalue weighted by atomic mass is 35.5. The van der Waals surface area contributed by atoms with Crippen LogP contribution in [0.5, 0.6) is 5.75 Å². The molecule has 8 nitrogen and oxygen atoms in total. The number of nitrogens with one attached hydrogen (secondary N) is 1. The van der Waals surface area contributed by atoms with Gasteiger partial charge >= 0.3 is 5.69 Å². The number of hydrogen-bond donors (Lipinski definition) is 1. The van der Waals surface area contributed by atoms with Crippen molar-refractivity contribution >= 4 is 29.1 Å². The Kier molecular flexibility index (Phi) is 5.08. The summed E-state index contributed by atoms with van der Waals surface area (Å²) >= 11 is 5.71. The fraction of sp³-hybridized carbons (Fsp3) is 0.333. The number of ether oxygens (including phenoxy) is 1. The molecule has 0 saturated carbocycles. The van der Waals surface area contributed by atoms with Crippen LogP contribution in [0.25, 0.3) is 0 Å². The first-order chi connectivity index (χ1) is 11.2. The molecule has 0 fully saturated rings. The average molecular weight is 354 g/mol. The van der Waals surface area contributed by atoms with E-state index in [0.29, 0.717) is 5.69 Å². The molecule has 0 radical (unpaired) electrons. The maximum atomic E-state index is 11.9. The van der Waals surface area contributed by atoms with E-state index in [1.807, 2.05) is 20.8 Å². The number of rotatable bonds is 5. The third kappa shape index (κ3) is 4.45. The third-order valence-electron chi connectivity index (χ3n) is 3.02. The van der Waals surface area contributed by atoms with Gasteiger partial charge in [-0.15, -0.1) is 0 Å². The third-order valence-corrected chi connectivity index (χ3v) is 3.25. The molecule has 0 aliphatic rings. The van der Waals surface area contributed by atoms with Gasteiger partial charge in [0.15, 0.2) is 12.4 Å². The number of nitro benzene ring substituents is 1. The van der Waals surface area contributed by atoms with E-state index in [0.717, 1.165) is 6.07 Å². The van der Waals surface area contributed by atoms with E-state index in [1.54, 1.807) is 6.07 Å². The van der Waals surface area contributed by atoms with E-state index in [2.05, 4.69) is 10.5 Å². The van der Waals surface area contributed by atoms with Gasteiger partial charge in [0, 0.05) is 22.6 Å². The van der Waals surface area contributed by atoms with Gasteiger partial charge in [0.1, 0.15) is 0 Å². The van der Waals surface area contributed by atoms with Crippen molar-refractivity contribution < 1.29 is 19.0 Å². The number of nitrogens with zero attached hydrogens (tertiary/aromatic N) is 2. The quantitative estimate of drug-likeness (QED) is 0.650. The largest absolute Gasteiger partial charge is 0.477 e. The lowest BCUT2D eigenvalue weighted by atomic mass is 9.92. The molecule has 0 spiro atoms. The van der Waals surface area contributed by atoms with Crippen molar-refractivity contribution in [3.63, 3.8) is 0 Å². The smallest absolute Gasteiger partial charge is 0.312 e. The van der Waals surface area contributed by atoms with Gasteiger partial charge in [0.05, 0.1) is 10.6 Å². The van der Waals surface area contributed by atoms with Crippen molar-refractivity contribution in [1.29, 1.82) is 0 Å². The number of benzene rings is 1. The van der Waals surface area contributed by atoms with E-state index in [1.165, 1.54) is 12.1 Å². The molecule has 2 rings (SSSR count). The molecule has 0 aliphatic carbocycles. The Labute approximate surface area is 142 Å². The molecule has 1 N–H and O–H groups in total. The fourth-order valence-corrected chi connectivity index (χ4v) is 1.93. The van der Waals surface area contributed by atoms with E-state index >= 15 is 0 Å². The fourth-order valence-electron chi connectivity index (χ4n) is 1.76. The molecule has 1 aromatic heterocycles. The number of halogens is 1. The van der Waals surface area contributed by atoms with Gasteiger partial charge in [-0.05, 0) is 12.1 Å². The van der Waals surface area contributed by atoms with Gasteiger partial charge in [-0.3, -0.25) is 20.2 Å². The first-order valence-corrected chi connectivity index (χ1v) is 7.38. The Hall–Kier alpha value is -2.61. The highest BCUT2D eigenvalue weighted by molar-refractivity contribution is 6.30. The molecule has 0 unspecified atom stereocenters. The highest BCUT2D eigenvalue weighted by Gasteiger charge is 2.20. The predicted molar refractivity (Wildman–Crippen MR) is 87.4 cm³/mol. The molecule has 9 heteroatoms. The zero-order chi connectivity index (χ0) is 17.9. The second kappa shape index (κ2) is 6.88. The second-order valence-electron chi connectivity index (χ2n) is 6.03. The molecule has 128 valence electrons. The molecule has 0 bridgehead atoms. The number of amides is 1. The molecule has 0 atom stereocenters. The van der Waals surface area contributed by atoms with Crippen molar-refractivity contribution in [3.8, 4) is 5.75 Å². The van der Waals surface area contributed by atoms with Crippen molar-refractivity contribution in [2.45, 2.75) is 26.2 Å². The van der Waals surface area contributed by atoms with Crippen molar-refractivity contribution in [2.24, 2.45) is 0 Å². The lowest BCUT2D eigenvalue weighted by Crippen LogP contribution is -2.20. The van der Waals surface area contributed by atoms with Gasteiger partial charge in [-0.25, -0.2) is 0 Å². The van der Waals surface area contributed by atoms with Crippen LogP contribution >= 0.6 is 11.6 Å². The topological polar surface area (TPSA) is 108 Å². The number of nitro groups is 1. The zero-order valence-corrected chi connectivity index (χ0v) is 14.1. The van der Waals surface area contributed by atoms with Crippen LogP contribution in [0.4, 0.5) is 11.6 Å². The van der Waals surface area contributed by atoms with Gasteiger partial charge < -0.3 is 9.26 Å². The molecule has 2 aromatic rings. The summed E-state index contributed by atoms with van der Waals surface area (Å²) in [5, 5.41) is 17.5. The van der Waals surface area contributed by atoms with Gasteiger partial charge in [0.2, 0.25) is 5.88 Å². The summed E-state index contributed by atoms with van der Waals surface area (Å²) < 4.78 is 10.2. The first kappa shape index (κ1) is 17.7. The zero-order valence-electron chi connectivity index (χ0n) is 13.3. The molecule has 0 aliphatic heterocycles. The molecule has 1 amide bonds. The van der Waals surface area contributed by atoms with Crippen molar-refractivity contribution in [3.05, 3.63) is 45.1 Å². The van der Waals surface area contributed by atoms with Gasteiger partial charge in [0.25, 0.3) is 5.91 Å². The Bertz CT molecular complexity index is 767. The predicted octanol–water partition coefficient (Wildman–Crippen LogP) is 3.55. The summed E-state index contributed by atoms with van der Waals surface area (Å²) in [5.74, 6) is -0.400. The second-order valence-corrected chi connectivity index (χ2v) is 6.47. The standard InChI is InChI=1S/C15H16ClN3O5/c1-15(2,3)12-7-14(24-18-12)17-13(20)8-23-11-5-4-9(16)6-10(11)19(21)22/h4-7H,8H2,1-3H3,(H,17,20). The maximum absolute atomic E-state index is 11.9. The van der Waals surface area contributed by atoms with E-state index < -0.39 is 17.4 Å². The Morgan fingerprint density at radius 3 is 2.71 bits per heavy atom. The van der Waals surface area contributed by atoms with Gasteiger partial charge in [-0.2, -0.15) is 0 Å². The van der Waals surface area contributed by atoms with E-state index in [4.69, 9.17) is 20.9 Å². The van der Waals surface area contributed by atoms with Crippen LogP contribution in [0.2, 0.25) is 5.02 Å². The Morgan fingerprint density at radius 2 is 2.12 bits per heavy atom. The Morgan fingerprint density at radius 1 is 1.42 bits per heavy atom. The summed E-state index contributed by atoms with van der Waals surface area (Å²) in [6.45, 7) is 5.45. The van der Waals surface area contributed by atoms with Crippen LogP contribution in [0.1, 0.15) is 26.5 Å². The molecule has 1 heterocycles. The maximum Gasteiger partial charge on any atom is 0.312 e. The first-order valence-electron chi connectivity index (χ1n) is 7.00.